The predicted molar refractivity (Wildman–Crippen MR) is 71.9 cm³/mol. The smallest absolute Gasteiger partial charge is 0.294 e. The van der Waals surface area contributed by atoms with E-state index < -0.39 is 11.7 Å². The summed E-state index contributed by atoms with van der Waals surface area (Å²) < 4.78 is 39.7. The first-order valence-corrected chi connectivity index (χ1v) is 6.48. The molecule has 0 radical (unpaired) electrons. The molecule has 0 amide bonds. The lowest BCUT2D eigenvalue weighted by atomic mass is 10.1. The number of fused-ring (bicyclic) bond motifs is 1. The Morgan fingerprint density at radius 3 is 2.65 bits per heavy atom. The lowest BCUT2D eigenvalue weighted by Crippen LogP contribution is -2.11. The summed E-state index contributed by atoms with van der Waals surface area (Å²) in [5.74, 6) is -0.176. The fourth-order valence-corrected chi connectivity index (χ4v) is 2.98. The summed E-state index contributed by atoms with van der Waals surface area (Å²) >= 11 is 1.09. The van der Waals surface area contributed by atoms with Crippen LogP contribution in [0, 0.1) is 0 Å². The van der Waals surface area contributed by atoms with Gasteiger partial charge in [0.1, 0.15) is 4.83 Å². The molecule has 2 aromatic heterocycles. The lowest BCUT2D eigenvalue weighted by Gasteiger charge is -2.11. The van der Waals surface area contributed by atoms with E-state index in [-0.39, 0.29) is 11.4 Å². The third kappa shape index (κ3) is 2.40. The highest BCUT2D eigenvalue weighted by Gasteiger charge is 2.35. The van der Waals surface area contributed by atoms with Gasteiger partial charge in [0.05, 0.1) is 22.2 Å². The maximum Gasteiger partial charge on any atom is 0.416 e. The number of ketones is 1. The first kappa shape index (κ1) is 14.5. The van der Waals surface area contributed by atoms with Crippen LogP contribution >= 0.6 is 11.3 Å². The summed E-state index contributed by atoms with van der Waals surface area (Å²) in [7, 11) is 0. The molecule has 0 N–H and O–H groups in total. The largest absolute Gasteiger partial charge is 0.416 e. The topological polar surface area (TPSA) is 34.4 Å². The maximum atomic E-state index is 12.7. The van der Waals surface area contributed by atoms with Crippen molar-refractivity contribution in [1.29, 1.82) is 0 Å². The van der Waals surface area contributed by atoms with Gasteiger partial charge in [-0.15, -0.1) is 11.3 Å². The van der Waals surface area contributed by atoms with E-state index in [4.69, 9.17) is 0 Å². The number of alkyl halides is 3. The molecule has 0 aliphatic carbocycles. The van der Waals surface area contributed by atoms with Gasteiger partial charge in [0.25, 0.3) is 0 Å². The van der Waals surface area contributed by atoms with Crippen LogP contribution in [0.5, 0.6) is 0 Å². The van der Waals surface area contributed by atoms with Gasteiger partial charge in [-0.25, -0.2) is 4.52 Å². The number of thiazole rings is 1. The van der Waals surface area contributed by atoms with Gasteiger partial charge in [-0.1, -0.05) is 12.7 Å². The third-order valence-corrected chi connectivity index (χ3v) is 3.94. The summed E-state index contributed by atoms with van der Waals surface area (Å²) in [6.07, 6.45) is -0.254. The quantitative estimate of drug-likeness (QED) is 0.631. The highest BCUT2D eigenvalue weighted by molar-refractivity contribution is 7.18. The molecular formula is C13H11F3N2OS. The summed E-state index contributed by atoms with van der Waals surface area (Å²) in [6, 6.07) is 0. The van der Waals surface area contributed by atoms with Crippen molar-refractivity contribution < 1.29 is 18.0 Å². The maximum absolute atomic E-state index is 12.7. The number of carbonyl (C=O) groups is 1. The Balaban J connectivity index is 2.52. The number of aromatic nitrogens is 2. The number of hydrogen-bond donors (Lipinski definition) is 0. The van der Waals surface area contributed by atoms with E-state index in [0.29, 0.717) is 15.3 Å². The minimum atomic E-state index is -4.49. The van der Waals surface area contributed by atoms with E-state index in [0.717, 1.165) is 11.3 Å². The number of halogens is 3. The SMILES string of the molecule is C=C(/C(=C\C)c1cn2ncc(C(C)=O)c2s1)C(F)(F)F. The molecule has 0 aromatic carbocycles. The Kier molecular flexibility index (Phi) is 3.56. The number of rotatable bonds is 3. The van der Waals surface area contributed by atoms with E-state index in [1.165, 1.54) is 36.8 Å². The van der Waals surface area contributed by atoms with Crippen LogP contribution in [0.2, 0.25) is 0 Å². The van der Waals surface area contributed by atoms with Crippen molar-refractivity contribution in [2.24, 2.45) is 0 Å². The van der Waals surface area contributed by atoms with E-state index >= 15 is 0 Å². The Hall–Kier alpha value is -1.89. The first-order valence-electron chi connectivity index (χ1n) is 5.67. The second-order valence-corrected chi connectivity index (χ2v) is 5.17. The van der Waals surface area contributed by atoms with E-state index in [2.05, 4.69) is 11.7 Å². The fourth-order valence-electron chi connectivity index (χ4n) is 1.77. The van der Waals surface area contributed by atoms with Gasteiger partial charge >= 0.3 is 6.18 Å². The van der Waals surface area contributed by atoms with Crippen LogP contribution in [0.25, 0.3) is 10.4 Å². The Bertz CT molecular complexity index is 722. The molecule has 106 valence electrons. The van der Waals surface area contributed by atoms with Crippen LogP contribution in [-0.2, 0) is 0 Å². The van der Waals surface area contributed by atoms with Crippen molar-refractivity contribution in [3.8, 4) is 0 Å². The number of allylic oxidation sites excluding steroid dienone is 3. The van der Waals surface area contributed by atoms with Crippen LogP contribution in [0.3, 0.4) is 0 Å². The summed E-state index contributed by atoms with van der Waals surface area (Å²) in [4.78, 5) is 12.3. The molecule has 0 atom stereocenters. The second kappa shape index (κ2) is 4.90. The second-order valence-electron chi connectivity index (χ2n) is 4.14. The zero-order valence-electron chi connectivity index (χ0n) is 10.8. The molecule has 0 spiro atoms. The molecule has 7 heteroatoms. The lowest BCUT2D eigenvalue weighted by molar-refractivity contribution is -0.0867. The standard InChI is InChI=1S/C13H11F3N2OS/c1-4-9(7(2)13(14,15)16)11-6-18-12(20-11)10(5-17-18)8(3)19/h4-6H,2H2,1,3H3/b9-4+. The van der Waals surface area contributed by atoms with Gasteiger partial charge in [-0.2, -0.15) is 18.3 Å². The zero-order valence-corrected chi connectivity index (χ0v) is 11.6. The average molecular weight is 300 g/mol. The summed E-state index contributed by atoms with van der Waals surface area (Å²) in [5.41, 5.74) is -0.509. The third-order valence-electron chi connectivity index (χ3n) is 2.80. The predicted octanol–water partition coefficient (Wildman–Crippen LogP) is 4.12. The molecule has 20 heavy (non-hydrogen) atoms. The van der Waals surface area contributed by atoms with Crippen molar-refractivity contribution in [2.75, 3.05) is 0 Å². The van der Waals surface area contributed by atoms with Gasteiger partial charge in [-0.05, 0) is 13.8 Å². The highest BCUT2D eigenvalue weighted by atomic mass is 32.1. The number of hydrogen-bond acceptors (Lipinski definition) is 3. The van der Waals surface area contributed by atoms with Crippen LogP contribution in [0.1, 0.15) is 29.1 Å². The summed E-state index contributed by atoms with van der Waals surface area (Å²) in [5, 5.41) is 3.97. The van der Waals surface area contributed by atoms with E-state index in [1.807, 2.05) is 0 Å². The minimum absolute atomic E-state index is 0.00232. The van der Waals surface area contributed by atoms with E-state index in [1.54, 1.807) is 0 Å². The van der Waals surface area contributed by atoms with Crippen LogP contribution in [0.15, 0.2) is 30.6 Å². The molecule has 0 bridgehead atoms. The number of carbonyl (C=O) groups excluding carboxylic acids is 1. The van der Waals surface area contributed by atoms with Gasteiger partial charge in [0, 0.05) is 11.8 Å². The molecule has 0 fully saturated rings. The average Bonchev–Trinajstić information content (AvgIpc) is 2.87. The van der Waals surface area contributed by atoms with Gasteiger partial charge in [0.15, 0.2) is 5.78 Å². The van der Waals surface area contributed by atoms with Crippen molar-refractivity contribution in [3.63, 3.8) is 0 Å². The highest BCUT2D eigenvalue weighted by Crippen LogP contribution is 2.38. The van der Waals surface area contributed by atoms with Crippen LogP contribution in [-0.4, -0.2) is 21.6 Å². The molecule has 0 saturated heterocycles. The summed E-state index contributed by atoms with van der Waals surface area (Å²) in [6.45, 7) is 6.01. The van der Waals surface area contributed by atoms with Crippen molar-refractivity contribution >= 4 is 27.5 Å². The fraction of sp³-hybridized carbons (Fsp3) is 0.231. The monoisotopic (exact) mass is 300 g/mol. The molecule has 0 unspecified atom stereocenters. The molecule has 0 saturated carbocycles. The molecule has 0 aliphatic heterocycles. The van der Waals surface area contributed by atoms with E-state index in [9.17, 15) is 18.0 Å². The Morgan fingerprint density at radius 2 is 2.15 bits per heavy atom. The van der Waals surface area contributed by atoms with Crippen LogP contribution < -0.4 is 0 Å². The normalized spacial score (nSPS) is 12.9. The molecule has 2 aromatic rings. The molecular weight excluding hydrogens is 289 g/mol. The van der Waals surface area contributed by atoms with Crippen molar-refractivity contribution in [3.05, 3.63) is 41.1 Å². The Morgan fingerprint density at radius 1 is 1.50 bits per heavy atom. The zero-order chi connectivity index (χ0) is 15.1. The van der Waals surface area contributed by atoms with Crippen LogP contribution in [0.4, 0.5) is 13.2 Å². The molecule has 3 nitrogen and oxygen atoms in total. The molecule has 2 rings (SSSR count). The first-order chi connectivity index (χ1) is 9.25. The van der Waals surface area contributed by atoms with Crippen molar-refractivity contribution in [2.45, 2.75) is 20.0 Å². The number of nitrogens with zero attached hydrogens (tertiary/aromatic N) is 2. The number of Topliss-reactive ketones (excluding diaryl/α,β-unsaturated/α-hetero) is 1. The molecule has 0 aliphatic rings. The van der Waals surface area contributed by atoms with Gasteiger partial charge < -0.3 is 0 Å². The van der Waals surface area contributed by atoms with Gasteiger partial charge in [-0.3, -0.25) is 4.79 Å². The Labute approximate surface area is 117 Å². The molecule has 2 heterocycles. The minimum Gasteiger partial charge on any atom is -0.294 e. The van der Waals surface area contributed by atoms with Gasteiger partial charge in [0.2, 0.25) is 0 Å². The van der Waals surface area contributed by atoms with Crippen molar-refractivity contribution in [1.82, 2.24) is 9.61 Å².